The predicted octanol–water partition coefficient (Wildman–Crippen LogP) is 5.18. The lowest BCUT2D eigenvalue weighted by Gasteiger charge is -2.36. The van der Waals surface area contributed by atoms with Gasteiger partial charge in [0.1, 0.15) is 11.2 Å². The highest BCUT2D eigenvalue weighted by molar-refractivity contribution is 7.89. The molecule has 31 heavy (non-hydrogen) atoms. The van der Waals surface area contributed by atoms with E-state index < -0.39 is 10.0 Å². The number of hydrogen-bond donors (Lipinski definition) is 0. The van der Waals surface area contributed by atoms with Gasteiger partial charge in [-0.1, -0.05) is 48.5 Å². The van der Waals surface area contributed by atoms with Crippen LogP contribution in [0.4, 0.5) is 0 Å². The van der Waals surface area contributed by atoms with Crippen molar-refractivity contribution in [2.24, 2.45) is 0 Å². The van der Waals surface area contributed by atoms with Crippen LogP contribution in [-0.4, -0.2) is 23.8 Å². The summed E-state index contributed by atoms with van der Waals surface area (Å²) >= 11 is 0. The lowest BCUT2D eigenvalue weighted by Crippen LogP contribution is -2.42. The number of hydrogen-bond acceptors (Lipinski definition) is 3. The summed E-state index contributed by atoms with van der Waals surface area (Å²) in [6.45, 7) is 1.04. The molecule has 0 bridgehead atoms. The molecule has 0 saturated heterocycles. The molecule has 2 aromatic heterocycles. The molecule has 0 fully saturated rings. The Morgan fingerprint density at radius 2 is 1.55 bits per heavy atom. The topological polar surface area (TPSA) is 55.5 Å². The molecule has 1 aliphatic heterocycles. The summed E-state index contributed by atoms with van der Waals surface area (Å²) in [4.78, 5) is 0.285. The number of para-hydroxylation sites is 1. The van der Waals surface area contributed by atoms with Crippen LogP contribution >= 0.6 is 0 Å². The lowest BCUT2D eigenvalue weighted by molar-refractivity contribution is 0.298. The van der Waals surface area contributed by atoms with Crippen LogP contribution in [0.5, 0.6) is 0 Å². The van der Waals surface area contributed by atoms with E-state index >= 15 is 0 Å². The molecule has 1 aliphatic rings. The SMILES string of the molecule is O=S(=O)(c1ccc2oc3ccccc3c2c1)N1CCn2cccc2[C@H]1c1ccccc1. The van der Waals surface area contributed by atoms with Crippen molar-refractivity contribution in [2.45, 2.75) is 17.5 Å². The highest BCUT2D eigenvalue weighted by atomic mass is 32.2. The van der Waals surface area contributed by atoms with Crippen LogP contribution in [0.1, 0.15) is 17.3 Å². The van der Waals surface area contributed by atoms with Crippen molar-refractivity contribution in [3.63, 3.8) is 0 Å². The van der Waals surface area contributed by atoms with E-state index in [4.69, 9.17) is 4.42 Å². The van der Waals surface area contributed by atoms with Crippen molar-refractivity contribution in [1.82, 2.24) is 8.87 Å². The van der Waals surface area contributed by atoms with E-state index in [1.54, 1.807) is 22.5 Å². The predicted molar refractivity (Wildman–Crippen MR) is 120 cm³/mol. The first-order valence-corrected chi connectivity index (χ1v) is 11.7. The number of aromatic nitrogens is 1. The molecule has 0 aliphatic carbocycles. The highest BCUT2D eigenvalue weighted by Crippen LogP contribution is 2.38. The van der Waals surface area contributed by atoms with Crippen LogP contribution in [-0.2, 0) is 16.6 Å². The Morgan fingerprint density at radius 1 is 0.774 bits per heavy atom. The minimum atomic E-state index is -3.74. The Labute approximate surface area is 180 Å². The first-order valence-electron chi connectivity index (χ1n) is 10.3. The Bertz CT molecular complexity index is 1520. The fraction of sp³-hybridized carbons (Fsp3) is 0.120. The third-order valence-electron chi connectivity index (χ3n) is 6.06. The molecule has 3 heterocycles. The van der Waals surface area contributed by atoms with Crippen molar-refractivity contribution in [3.05, 3.63) is 102 Å². The molecule has 1 atom stereocenters. The molecular weight excluding hydrogens is 408 g/mol. The lowest BCUT2D eigenvalue weighted by atomic mass is 10.0. The minimum Gasteiger partial charge on any atom is -0.456 e. The van der Waals surface area contributed by atoms with E-state index in [0.717, 1.165) is 27.6 Å². The number of furan rings is 1. The summed E-state index contributed by atoms with van der Waals surface area (Å²) in [6, 6.07) is 26.3. The molecule has 0 spiro atoms. The smallest absolute Gasteiger partial charge is 0.244 e. The van der Waals surface area contributed by atoms with Gasteiger partial charge in [0.2, 0.25) is 10.0 Å². The Kier molecular flexibility index (Phi) is 4.06. The van der Waals surface area contributed by atoms with E-state index in [2.05, 4.69) is 4.57 Å². The van der Waals surface area contributed by atoms with Crippen molar-refractivity contribution in [3.8, 4) is 0 Å². The van der Waals surface area contributed by atoms with Gasteiger partial charge in [0, 0.05) is 35.8 Å². The maximum Gasteiger partial charge on any atom is 0.244 e. The van der Waals surface area contributed by atoms with Crippen molar-refractivity contribution in [1.29, 1.82) is 0 Å². The van der Waals surface area contributed by atoms with Crippen LogP contribution in [0.3, 0.4) is 0 Å². The summed E-state index contributed by atoms with van der Waals surface area (Å²) in [5, 5.41) is 1.73. The number of benzene rings is 3. The van der Waals surface area contributed by atoms with Gasteiger partial charge >= 0.3 is 0 Å². The van der Waals surface area contributed by atoms with Crippen LogP contribution in [0.2, 0.25) is 0 Å². The van der Waals surface area contributed by atoms with Gasteiger partial charge in [-0.2, -0.15) is 4.31 Å². The zero-order valence-electron chi connectivity index (χ0n) is 16.7. The van der Waals surface area contributed by atoms with Crippen LogP contribution < -0.4 is 0 Å². The van der Waals surface area contributed by atoms with Gasteiger partial charge < -0.3 is 8.98 Å². The molecular formula is C25H20N2O3S. The quantitative estimate of drug-likeness (QED) is 0.398. The van der Waals surface area contributed by atoms with Gasteiger partial charge in [-0.15, -0.1) is 0 Å². The summed E-state index contributed by atoms with van der Waals surface area (Å²) in [5.41, 5.74) is 3.38. The van der Waals surface area contributed by atoms with E-state index in [0.29, 0.717) is 18.7 Å². The molecule has 0 N–H and O–H groups in total. The second-order valence-corrected chi connectivity index (χ2v) is 9.70. The van der Waals surface area contributed by atoms with Gasteiger partial charge in [-0.05, 0) is 42.0 Å². The molecule has 5 nitrogen and oxygen atoms in total. The van der Waals surface area contributed by atoms with E-state index in [1.165, 1.54) is 0 Å². The maximum absolute atomic E-state index is 13.9. The number of rotatable bonds is 3. The zero-order chi connectivity index (χ0) is 21.0. The van der Waals surface area contributed by atoms with Gasteiger partial charge in [0.25, 0.3) is 0 Å². The Morgan fingerprint density at radius 3 is 2.42 bits per heavy atom. The van der Waals surface area contributed by atoms with E-state index in [-0.39, 0.29) is 10.9 Å². The van der Waals surface area contributed by atoms with Gasteiger partial charge in [-0.3, -0.25) is 0 Å². The van der Waals surface area contributed by atoms with E-state index in [1.807, 2.05) is 72.9 Å². The average molecular weight is 429 g/mol. The normalized spacial score (nSPS) is 17.2. The van der Waals surface area contributed by atoms with Gasteiger partial charge in [-0.25, -0.2) is 8.42 Å². The number of nitrogens with zero attached hydrogens (tertiary/aromatic N) is 2. The fourth-order valence-electron chi connectivity index (χ4n) is 4.59. The largest absolute Gasteiger partial charge is 0.456 e. The Balaban J connectivity index is 1.51. The number of fused-ring (bicyclic) bond motifs is 4. The average Bonchev–Trinajstić information content (AvgIpc) is 3.43. The monoisotopic (exact) mass is 428 g/mol. The molecule has 0 unspecified atom stereocenters. The first-order chi connectivity index (χ1) is 15.1. The standard InChI is InChI=1S/C25H20N2O3S/c28-31(29,19-12-13-24-21(17-19)20-9-4-5-11-23(20)30-24)27-16-15-26-14-6-10-22(26)25(27)18-7-2-1-3-8-18/h1-14,17,25H,15-16H2/t25-/m1/s1. The molecule has 6 heteroatoms. The van der Waals surface area contributed by atoms with Crippen LogP contribution in [0.15, 0.2) is 100 Å². The van der Waals surface area contributed by atoms with Crippen LogP contribution in [0, 0.1) is 0 Å². The van der Waals surface area contributed by atoms with Gasteiger partial charge in [0.05, 0.1) is 10.9 Å². The van der Waals surface area contributed by atoms with Crippen molar-refractivity contribution < 1.29 is 12.8 Å². The highest BCUT2D eigenvalue weighted by Gasteiger charge is 2.37. The van der Waals surface area contributed by atoms with Gasteiger partial charge in [0.15, 0.2) is 0 Å². The maximum atomic E-state index is 13.9. The minimum absolute atomic E-state index is 0.285. The molecule has 0 saturated carbocycles. The summed E-state index contributed by atoms with van der Waals surface area (Å²) < 4.78 is 37.4. The van der Waals surface area contributed by atoms with Crippen molar-refractivity contribution >= 4 is 32.0 Å². The third-order valence-corrected chi connectivity index (χ3v) is 7.92. The summed E-state index contributed by atoms with van der Waals surface area (Å²) in [5.74, 6) is 0. The first kappa shape index (κ1) is 18.4. The third kappa shape index (κ3) is 2.83. The fourth-order valence-corrected chi connectivity index (χ4v) is 6.20. The molecule has 0 amide bonds. The second-order valence-electron chi connectivity index (χ2n) is 7.81. The second kappa shape index (κ2) is 6.83. The molecule has 6 rings (SSSR count). The summed E-state index contributed by atoms with van der Waals surface area (Å²) in [7, 11) is -3.74. The van der Waals surface area contributed by atoms with Crippen molar-refractivity contribution in [2.75, 3.05) is 6.54 Å². The zero-order valence-corrected chi connectivity index (χ0v) is 17.5. The molecule has 0 radical (unpaired) electrons. The van der Waals surface area contributed by atoms with E-state index in [9.17, 15) is 8.42 Å². The summed E-state index contributed by atoms with van der Waals surface area (Å²) in [6.07, 6.45) is 2.01. The van der Waals surface area contributed by atoms with Crippen LogP contribution in [0.25, 0.3) is 21.9 Å². The molecule has 3 aromatic carbocycles. The number of sulfonamides is 1. The molecule has 5 aromatic rings. The Hall–Kier alpha value is -3.35. The molecule has 154 valence electrons.